The molecule has 0 aliphatic carbocycles. The van der Waals surface area contributed by atoms with E-state index in [2.05, 4.69) is 54.3 Å². The molecular weight excluding hydrogens is 220 g/mol. The van der Waals surface area contributed by atoms with Gasteiger partial charge in [-0.25, -0.2) is 0 Å². The summed E-state index contributed by atoms with van der Waals surface area (Å²) in [6.07, 6.45) is 7.66. The van der Waals surface area contributed by atoms with E-state index < -0.39 is 0 Å². The van der Waals surface area contributed by atoms with Crippen molar-refractivity contribution in [1.82, 2.24) is 5.32 Å². The number of nitrogens with zero attached hydrogens (tertiary/aromatic N) is 1. The molecule has 18 heavy (non-hydrogen) atoms. The Morgan fingerprint density at radius 3 is 2.61 bits per heavy atom. The van der Waals surface area contributed by atoms with Crippen molar-refractivity contribution in [3.8, 4) is 12.3 Å². The highest BCUT2D eigenvalue weighted by Crippen LogP contribution is 2.28. The van der Waals surface area contributed by atoms with Crippen LogP contribution in [0.1, 0.15) is 38.3 Å². The van der Waals surface area contributed by atoms with Gasteiger partial charge in [-0.2, -0.15) is 0 Å². The second kappa shape index (κ2) is 7.79. The first-order chi connectivity index (χ1) is 8.78. The number of para-hydroxylation sites is 1. The normalized spacial score (nSPS) is 11.9. The van der Waals surface area contributed by atoms with Crippen LogP contribution in [0.2, 0.25) is 0 Å². The van der Waals surface area contributed by atoms with Gasteiger partial charge in [-0.3, -0.25) is 0 Å². The quantitative estimate of drug-likeness (QED) is 0.741. The minimum absolute atomic E-state index is 0.387. The summed E-state index contributed by atoms with van der Waals surface area (Å²) in [4.78, 5) is 2.29. The van der Waals surface area contributed by atoms with Crippen LogP contribution >= 0.6 is 0 Å². The van der Waals surface area contributed by atoms with Crippen molar-refractivity contribution in [2.45, 2.75) is 32.7 Å². The zero-order valence-electron chi connectivity index (χ0n) is 11.7. The van der Waals surface area contributed by atoms with E-state index in [0.29, 0.717) is 12.6 Å². The van der Waals surface area contributed by atoms with Gasteiger partial charge in [-0.15, -0.1) is 6.42 Å². The van der Waals surface area contributed by atoms with Crippen molar-refractivity contribution in [2.75, 3.05) is 25.0 Å². The molecule has 0 aliphatic rings. The first kappa shape index (κ1) is 14.6. The smallest absolute Gasteiger partial charge is 0.0791 e. The Balaban J connectivity index is 3.09. The van der Waals surface area contributed by atoms with Crippen LogP contribution in [0.5, 0.6) is 0 Å². The molecule has 1 aromatic rings. The number of hydrogen-bond donors (Lipinski definition) is 1. The van der Waals surface area contributed by atoms with Crippen molar-refractivity contribution in [3.05, 3.63) is 29.8 Å². The first-order valence-corrected chi connectivity index (χ1v) is 6.73. The molecule has 2 nitrogen and oxygen atoms in total. The molecule has 0 bridgehead atoms. The van der Waals surface area contributed by atoms with E-state index in [9.17, 15) is 0 Å². The van der Waals surface area contributed by atoms with Crippen LogP contribution < -0.4 is 10.2 Å². The van der Waals surface area contributed by atoms with Gasteiger partial charge >= 0.3 is 0 Å². The van der Waals surface area contributed by atoms with Crippen LogP contribution in [-0.4, -0.2) is 20.1 Å². The Bertz CT molecular complexity index is 388. The molecule has 0 aliphatic heterocycles. The Morgan fingerprint density at radius 1 is 1.33 bits per heavy atom. The SMILES string of the molecule is C#CCN(CCC)c1ccccc1C(CC)NC. The summed E-state index contributed by atoms with van der Waals surface area (Å²) in [5.41, 5.74) is 2.60. The molecule has 0 heterocycles. The molecule has 0 fully saturated rings. The summed E-state index contributed by atoms with van der Waals surface area (Å²) in [5.74, 6) is 2.76. The monoisotopic (exact) mass is 244 g/mol. The Morgan fingerprint density at radius 2 is 2.06 bits per heavy atom. The third kappa shape index (κ3) is 3.51. The molecule has 0 aromatic heterocycles. The molecule has 2 heteroatoms. The number of anilines is 1. The van der Waals surface area contributed by atoms with E-state index in [1.165, 1.54) is 11.3 Å². The van der Waals surface area contributed by atoms with Crippen LogP contribution in [0.15, 0.2) is 24.3 Å². The summed E-state index contributed by atoms with van der Waals surface area (Å²) >= 11 is 0. The molecule has 1 N–H and O–H groups in total. The van der Waals surface area contributed by atoms with Gasteiger partial charge in [0, 0.05) is 18.3 Å². The lowest BCUT2D eigenvalue weighted by Crippen LogP contribution is -2.27. The van der Waals surface area contributed by atoms with Gasteiger partial charge in [-0.05, 0) is 31.5 Å². The third-order valence-corrected chi connectivity index (χ3v) is 3.19. The van der Waals surface area contributed by atoms with Gasteiger partial charge in [-0.1, -0.05) is 38.0 Å². The minimum atomic E-state index is 0.387. The fourth-order valence-corrected chi connectivity index (χ4v) is 2.31. The average molecular weight is 244 g/mol. The second-order valence-corrected chi connectivity index (χ2v) is 4.43. The minimum Gasteiger partial charge on any atom is -0.360 e. The largest absolute Gasteiger partial charge is 0.360 e. The molecule has 0 amide bonds. The van der Waals surface area contributed by atoms with Crippen LogP contribution in [0, 0.1) is 12.3 Å². The zero-order valence-corrected chi connectivity index (χ0v) is 11.7. The first-order valence-electron chi connectivity index (χ1n) is 6.73. The standard InChI is InChI=1S/C16H24N2/c1-5-12-18(13-6-2)16-11-9-8-10-14(16)15(7-3)17-4/h1,8-11,15,17H,6-7,12-13H2,2-4H3. The molecule has 1 rings (SSSR count). The van der Waals surface area contributed by atoms with Gasteiger partial charge < -0.3 is 10.2 Å². The predicted molar refractivity (Wildman–Crippen MR) is 79.9 cm³/mol. The van der Waals surface area contributed by atoms with Gasteiger partial charge in [0.2, 0.25) is 0 Å². The fraction of sp³-hybridized carbons (Fsp3) is 0.500. The van der Waals surface area contributed by atoms with E-state index in [1.807, 2.05) is 7.05 Å². The van der Waals surface area contributed by atoms with Crippen LogP contribution in [0.25, 0.3) is 0 Å². The number of rotatable bonds is 7. The Hall–Kier alpha value is -1.46. The zero-order chi connectivity index (χ0) is 13.4. The molecule has 0 spiro atoms. The maximum Gasteiger partial charge on any atom is 0.0791 e. The van der Waals surface area contributed by atoms with Crippen LogP contribution in [0.3, 0.4) is 0 Å². The molecule has 0 radical (unpaired) electrons. The molecule has 98 valence electrons. The second-order valence-electron chi connectivity index (χ2n) is 4.43. The number of benzene rings is 1. The summed E-state index contributed by atoms with van der Waals surface area (Å²) in [5, 5.41) is 3.37. The number of hydrogen-bond acceptors (Lipinski definition) is 2. The number of nitrogens with one attached hydrogen (secondary N) is 1. The Kier molecular flexibility index (Phi) is 6.32. The molecule has 1 unspecified atom stereocenters. The fourth-order valence-electron chi connectivity index (χ4n) is 2.31. The van der Waals surface area contributed by atoms with E-state index in [4.69, 9.17) is 6.42 Å². The van der Waals surface area contributed by atoms with Crippen LogP contribution in [0.4, 0.5) is 5.69 Å². The molecule has 1 aromatic carbocycles. The topological polar surface area (TPSA) is 15.3 Å². The molecule has 0 saturated heterocycles. The van der Waals surface area contributed by atoms with Crippen molar-refractivity contribution in [2.24, 2.45) is 0 Å². The summed E-state index contributed by atoms with van der Waals surface area (Å²) in [7, 11) is 2.01. The highest BCUT2D eigenvalue weighted by molar-refractivity contribution is 5.55. The van der Waals surface area contributed by atoms with Crippen molar-refractivity contribution < 1.29 is 0 Å². The number of terminal acetylenes is 1. The van der Waals surface area contributed by atoms with Crippen molar-refractivity contribution in [3.63, 3.8) is 0 Å². The van der Waals surface area contributed by atoms with E-state index in [0.717, 1.165) is 19.4 Å². The Labute approximate surface area is 111 Å². The van der Waals surface area contributed by atoms with Crippen molar-refractivity contribution >= 4 is 5.69 Å². The average Bonchev–Trinajstić information content (AvgIpc) is 2.41. The lowest BCUT2D eigenvalue weighted by molar-refractivity contribution is 0.575. The van der Waals surface area contributed by atoms with Crippen molar-refractivity contribution in [1.29, 1.82) is 0 Å². The summed E-state index contributed by atoms with van der Waals surface area (Å²) in [6.45, 7) is 6.05. The lowest BCUT2D eigenvalue weighted by atomic mass is 10.0. The van der Waals surface area contributed by atoms with Gasteiger partial charge in [0.05, 0.1) is 6.54 Å². The van der Waals surface area contributed by atoms with E-state index in [-0.39, 0.29) is 0 Å². The molecular formula is C16H24N2. The maximum atomic E-state index is 5.48. The summed E-state index contributed by atoms with van der Waals surface area (Å²) < 4.78 is 0. The highest BCUT2D eigenvalue weighted by Gasteiger charge is 2.14. The lowest BCUT2D eigenvalue weighted by Gasteiger charge is -2.27. The van der Waals surface area contributed by atoms with E-state index in [1.54, 1.807) is 0 Å². The molecule has 0 saturated carbocycles. The molecule has 1 atom stereocenters. The highest BCUT2D eigenvalue weighted by atomic mass is 15.1. The summed E-state index contributed by atoms with van der Waals surface area (Å²) in [6, 6.07) is 8.93. The van der Waals surface area contributed by atoms with E-state index >= 15 is 0 Å². The van der Waals surface area contributed by atoms with Gasteiger partial charge in [0.25, 0.3) is 0 Å². The van der Waals surface area contributed by atoms with Crippen LogP contribution in [-0.2, 0) is 0 Å². The third-order valence-electron chi connectivity index (χ3n) is 3.19. The van der Waals surface area contributed by atoms with Gasteiger partial charge in [0.1, 0.15) is 0 Å². The van der Waals surface area contributed by atoms with Gasteiger partial charge in [0.15, 0.2) is 0 Å². The maximum absolute atomic E-state index is 5.48. The predicted octanol–water partition coefficient (Wildman–Crippen LogP) is 3.21.